The van der Waals surface area contributed by atoms with E-state index in [1.807, 2.05) is 25.1 Å². The Balaban J connectivity index is 1.94. The standard InChI is InChI=1S/C21H27ClN2O3S/c1-4-24(5-2)19-9-10-20(16(3)13-19)23-21(25)11-12-28(26,27)15-17-7-6-8-18(22)14-17/h6-10,13-14H,4-5,11-12,15H2,1-3H3,(H,23,25). The van der Waals surface area contributed by atoms with Gasteiger partial charge < -0.3 is 10.2 Å². The van der Waals surface area contributed by atoms with Crippen molar-refractivity contribution in [3.8, 4) is 0 Å². The van der Waals surface area contributed by atoms with E-state index in [0.717, 1.165) is 24.3 Å². The van der Waals surface area contributed by atoms with Crippen LogP contribution in [0.1, 0.15) is 31.4 Å². The van der Waals surface area contributed by atoms with Crippen molar-refractivity contribution in [3.05, 3.63) is 58.6 Å². The maximum Gasteiger partial charge on any atom is 0.225 e. The van der Waals surface area contributed by atoms with Crippen molar-refractivity contribution in [2.45, 2.75) is 32.9 Å². The van der Waals surface area contributed by atoms with Crippen molar-refractivity contribution < 1.29 is 13.2 Å². The van der Waals surface area contributed by atoms with E-state index in [4.69, 9.17) is 11.6 Å². The molecule has 2 aromatic rings. The molecule has 152 valence electrons. The Labute approximate surface area is 172 Å². The van der Waals surface area contributed by atoms with Crippen molar-refractivity contribution >= 4 is 38.7 Å². The van der Waals surface area contributed by atoms with E-state index in [0.29, 0.717) is 16.3 Å². The Kier molecular flexibility index (Phi) is 7.89. The average Bonchev–Trinajstić information content (AvgIpc) is 2.63. The van der Waals surface area contributed by atoms with Crippen LogP contribution in [0.5, 0.6) is 0 Å². The molecule has 0 heterocycles. The number of amides is 1. The molecule has 0 aliphatic rings. The topological polar surface area (TPSA) is 66.5 Å². The van der Waals surface area contributed by atoms with Crippen LogP contribution in [-0.2, 0) is 20.4 Å². The van der Waals surface area contributed by atoms with Gasteiger partial charge in [-0.25, -0.2) is 8.42 Å². The maximum atomic E-state index is 12.3. The molecule has 2 rings (SSSR count). The van der Waals surface area contributed by atoms with Gasteiger partial charge in [0.15, 0.2) is 9.84 Å². The number of sulfone groups is 1. The molecule has 2 aromatic carbocycles. The first-order valence-corrected chi connectivity index (χ1v) is 11.5. The monoisotopic (exact) mass is 422 g/mol. The molecule has 0 aliphatic heterocycles. The summed E-state index contributed by atoms with van der Waals surface area (Å²) < 4.78 is 24.6. The summed E-state index contributed by atoms with van der Waals surface area (Å²) >= 11 is 5.89. The molecular formula is C21H27ClN2O3S. The molecule has 0 atom stereocenters. The van der Waals surface area contributed by atoms with Crippen LogP contribution < -0.4 is 10.2 Å². The fraction of sp³-hybridized carbons (Fsp3) is 0.381. The summed E-state index contributed by atoms with van der Waals surface area (Å²) in [6.45, 7) is 7.94. The lowest BCUT2D eigenvalue weighted by Gasteiger charge is -2.22. The molecule has 5 nitrogen and oxygen atoms in total. The summed E-state index contributed by atoms with van der Waals surface area (Å²) in [6, 6.07) is 12.6. The Hall–Kier alpha value is -2.05. The predicted octanol–water partition coefficient (Wildman–Crippen LogP) is 4.44. The van der Waals surface area contributed by atoms with Gasteiger partial charge in [0.2, 0.25) is 5.91 Å². The summed E-state index contributed by atoms with van der Waals surface area (Å²) in [7, 11) is -3.40. The smallest absolute Gasteiger partial charge is 0.225 e. The number of carbonyl (C=O) groups excluding carboxylic acids is 1. The van der Waals surface area contributed by atoms with Gasteiger partial charge in [-0.2, -0.15) is 0 Å². The molecule has 0 aromatic heterocycles. The van der Waals surface area contributed by atoms with Crippen LogP contribution in [0.15, 0.2) is 42.5 Å². The lowest BCUT2D eigenvalue weighted by atomic mass is 10.1. The fourth-order valence-electron chi connectivity index (χ4n) is 2.99. The van der Waals surface area contributed by atoms with Gasteiger partial charge in [-0.1, -0.05) is 23.7 Å². The number of nitrogens with one attached hydrogen (secondary N) is 1. The second kappa shape index (κ2) is 9.94. The highest BCUT2D eigenvalue weighted by Gasteiger charge is 2.16. The van der Waals surface area contributed by atoms with E-state index >= 15 is 0 Å². The van der Waals surface area contributed by atoms with E-state index in [9.17, 15) is 13.2 Å². The van der Waals surface area contributed by atoms with Gasteiger partial charge in [0.25, 0.3) is 0 Å². The molecule has 0 bridgehead atoms. The van der Waals surface area contributed by atoms with Crippen molar-refractivity contribution in [2.75, 3.05) is 29.1 Å². The van der Waals surface area contributed by atoms with E-state index in [2.05, 4.69) is 24.1 Å². The SMILES string of the molecule is CCN(CC)c1ccc(NC(=O)CCS(=O)(=O)Cc2cccc(Cl)c2)c(C)c1. The second-order valence-corrected chi connectivity index (χ2v) is 9.31. The number of anilines is 2. The lowest BCUT2D eigenvalue weighted by Crippen LogP contribution is -2.22. The van der Waals surface area contributed by atoms with E-state index in [1.54, 1.807) is 24.3 Å². The number of carbonyl (C=O) groups is 1. The van der Waals surface area contributed by atoms with Crippen LogP contribution in [0.2, 0.25) is 5.02 Å². The van der Waals surface area contributed by atoms with Gasteiger partial charge in [0, 0.05) is 35.9 Å². The number of rotatable bonds is 9. The minimum Gasteiger partial charge on any atom is -0.372 e. The molecule has 28 heavy (non-hydrogen) atoms. The highest BCUT2D eigenvalue weighted by molar-refractivity contribution is 7.90. The van der Waals surface area contributed by atoms with Gasteiger partial charge >= 0.3 is 0 Å². The molecule has 0 saturated heterocycles. The van der Waals surface area contributed by atoms with Crippen LogP contribution in [0, 0.1) is 6.92 Å². The van der Waals surface area contributed by atoms with Gasteiger partial charge in [0.05, 0.1) is 11.5 Å². The van der Waals surface area contributed by atoms with Crippen LogP contribution in [0.3, 0.4) is 0 Å². The zero-order valence-corrected chi connectivity index (χ0v) is 18.1. The highest BCUT2D eigenvalue weighted by Crippen LogP contribution is 2.23. The quantitative estimate of drug-likeness (QED) is 0.648. The van der Waals surface area contributed by atoms with Gasteiger partial charge in [-0.3, -0.25) is 4.79 Å². The molecule has 0 radical (unpaired) electrons. The van der Waals surface area contributed by atoms with E-state index < -0.39 is 9.84 Å². The predicted molar refractivity (Wildman–Crippen MR) is 117 cm³/mol. The van der Waals surface area contributed by atoms with Crippen LogP contribution in [0.25, 0.3) is 0 Å². The highest BCUT2D eigenvalue weighted by atomic mass is 35.5. The zero-order chi connectivity index (χ0) is 20.7. The number of hydrogen-bond donors (Lipinski definition) is 1. The van der Waals surface area contributed by atoms with Gasteiger partial charge in [-0.15, -0.1) is 0 Å². The van der Waals surface area contributed by atoms with Crippen molar-refractivity contribution in [3.63, 3.8) is 0 Å². The zero-order valence-electron chi connectivity index (χ0n) is 16.5. The third kappa shape index (κ3) is 6.53. The minimum atomic E-state index is -3.40. The van der Waals surface area contributed by atoms with Crippen molar-refractivity contribution in [1.82, 2.24) is 0 Å². The number of aryl methyl sites for hydroxylation is 1. The first-order chi connectivity index (χ1) is 13.2. The molecule has 0 fully saturated rings. The second-order valence-electron chi connectivity index (χ2n) is 6.69. The summed E-state index contributed by atoms with van der Waals surface area (Å²) in [4.78, 5) is 14.5. The lowest BCUT2D eigenvalue weighted by molar-refractivity contribution is -0.115. The van der Waals surface area contributed by atoms with Crippen LogP contribution in [-0.4, -0.2) is 33.2 Å². The largest absolute Gasteiger partial charge is 0.372 e. The molecular weight excluding hydrogens is 396 g/mol. The minimum absolute atomic E-state index is 0.0832. The Morgan fingerprint density at radius 1 is 1.11 bits per heavy atom. The summed E-state index contributed by atoms with van der Waals surface area (Å²) in [5.41, 5.74) is 3.37. The first-order valence-electron chi connectivity index (χ1n) is 9.34. The fourth-order valence-corrected chi connectivity index (χ4v) is 4.53. The van der Waals surface area contributed by atoms with Gasteiger partial charge in [0.1, 0.15) is 0 Å². The molecule has 0 unspecified atom stereocenters. The van der Waals surface area contributed by atoms with Crippen molar-refractivity contribution in [2.24, 2.45) is 0 Å². The Morgan fingerprint density at radius 3 is 2.43 bits per heavy atom. The third-order valence-electron chi connectivity index (χ3n) is 4.53. The molecule has 1 amide bonds. The van der Waals surface area contributed by atoms with Crippen LogP contribution >= 0.6 is 11.6 Å². The summed E-state index contributed by atoms with van der Waals surface area (Å²) in [5.74, 6) is -0.645. The van der Waals surface area contributed by atoms with Gasteiger partial charge in [-0.05, 0) is 62.2 Å². The Morgan fingerprint density at radius 2 is 1.82 bits per heavy atom. The molecule has 0 spiro atoms. The number of halogens is 1. The first kappa shape index (κ1) is 22.2. The van der Waals surface area contributed by atoms with Crippen molar-refractivity contribution in [1.29, 1.82) is 0 Å². The summed E-state index contributed by atoms with van der Waals surface area (Å²) in [6.07, 6.45) is -0.0832. The van der Waals surface area contributed by atoms with E-state index in [-0.39, 0.29) is 23.8 Å². The van der Waals surface area contributed by atoms with E-state index in [1.165, 1.54) is 0 Å². The summed E-state index contributed by atoms with van der Waals surface area (Å²) in [5, 5.41) is 3.31. The Bertz CT molecular complexity index is 925. The molecule has 0 aliphatic carbocycles. The maximum absolute atomic E-state index is 12.3. The molecule has 0 saturated carbocycles. The number of benzene rings is 2. The third-order valence-corrected chi connectivity index (χ3v) is 6.36. The molecule has 7 heteroatoms. The number of hydrogen-bond acceptors (Lipinski definition) is 4. The normalized spacial score (nSPS) is 11.3. The average molecular weight is 423 g/mol. The number of nitrogens with zero attached hydrogens (tertiary/aromatic N) is 1. The van der Waals surface area contributed by atoms with Crippen LogP contribution in [0.4, 0.5) is 11.4 Å². The molecule has 1 N–H and O–H groups in total.